The fraction of sp³-hybridized carbons (Fsp3) is 0.423. The zero-order chi connectivity index (χ0) is 43.8. The van der Waals surface area contributed by atoms with Crippen LogP contribution in [0.15, 0.2) is 46.0 Å². The van der Waals surface area contributed by atoms with Gasteiger partial charge in [-0.2, -0.15) is 5.26 Å². The third-order valence-corrected chi connectivity index (χ3v) is 11.0. The first-order valence-corrected chi connectivity index (χ1v) is 21.3. The summed E-state index contributed by atoms with van der Waals surface area (Å²) in [5.41, 5.74) is 8.97. The number of benzene rings is 2. The normalized spacial score (nSPS) is 13.0. The molecule has 60 heavy (non-hydrogen) atoms. The lowest BCUT2D eigenvalue weighted by atomic mass is 9.86. The Hall–Kier alpha value is -6.04. The second-order valence-corrected chi connectivity index (χ2v) is 17.1. The molecule has 8 heteroatoms. The standard InChI is InChI=1S/C27H31NO3.C25H26N2O2/c1-16(2)24-25(23(15-20-10-11-20)19(5)28-27(24)31)26(30)22-13-17(3)12-21(14-22)9-7-6-8-18(4)29;1-5-6-7-18-10-19(14-26)12-20(11-18)24(28)23-21(13-17-8-9-17)16(4)27-25(29)22(23)15(2)3/h12-14,16,20H,6,8,10-11,15H2,1-5H3,(H,28,31);10-12,15,17H,5,8-9,13H2,1-4H3,(H,27,29). The molecule has 0 unspecified atom stereocenters. The van der Waals surface area contributed by atoms with Crippen molar-refractivity contribution in [1.82, 2.24) is 9.97 Å². The fourth-order valence-electron chi connectivity index (χ4n) is 7.67. The molecule has 0 saturated heterocycles. The molecule has 6 rings (SSSR count). The minimum absolute atomic E-state index is 0.0584. The molecular weight excluding hydrogens is 747 g/mol. The van der Waals surface area contributed by atoms with Crippen molar-refractivity contribution in [3.05, 3.63) is 135 Å². The number of pyridine rings is 2. The maximum Gasteiger partial charge on any atom is 0.252 e. The van der Waals surface area contributed by atoms with Crippen LogP contribution in [0.3, 0.4) is 0 Å². The number of carbonyl (C=O) groups is 3. The average Bonchev–Trinajstić information content (AvgIpc) is 4.14. The SMILES string of the molecule is CC(=O)CCC#Cc1cc(C)cc(C(=O)c2c(CC3CC3)c(C)[nH]c(=O)c2C(C)C)c1.CCC#Cc1cc(C#N)cc(C(=O)c2c(CC3CC3)c(C)[nH]c(=O)c2C(C)C)c1. The molecule has 0 amide bonds. The van der Waals surface area contributed by atoms with Gasteiger partial charge in [0.05, 0.1) is 11.6 Å². The molecule has 310 valence electrons. The number of H-pyrrole nitrogens is 2. The molecule has 2 aromatic carbocycles. The molecule has 0 aliphatic heterocycles. The van der Waals surface area contributed by atoms with Gasteiger partial charge in [-0.3, -0.25) is 24.0 Å². The van der Waals surface area contributed by atoms with Crippen LogP contribution in [0.25, 0.3) is 0 Å². The number of aryl methyl sites for hydroxylation is 3. The van der Waals surface area contributed by atoms with E-state index in [0.29, 0.717) is 75.6 Å². The molecule has 8 nitrogen and oxygen atoms in total. The molecular formula is C52H57N3O5. The Bertz CT molecular complexity index is 2620. The van der Waals surface area contributed by atoms with E-state index in [4.69, 9.17) is 0 Å². The minimum atomic E-state index is -0.206. The van der Waals surface area contributed by atoms with Gasteiger partial charge >= 0.3 is 0 Å². The van der Waals surface area contributed by atoms with Gasteiger partial charge in [-0.15, -0.1) is 0 Å². The maximum atomic E-state index is 13.8. The van der Waals surface area contributed by atoms with Crippen LogP contribution in [-0.4, -0.2) is 27.3 Å². The second-order valence-electron chi connectivity index (χ2n) is 17.1. The van der Waals surface area contributed by atoms with E-state index in [-0.39, 0.29) is 40.3 Å². The largest absolute Gasteiger partial charge is 0.326 e. The minimum Gasteiger partial charge on any atom is -0.326 e. The zero-order valence-corrected chi connectivity index (χ0v) is 36.6. The maximum absolute atomic E-state index is 13.8. The number of nitriles is 1. The number of ketones is 3. The quantitative estimate of drug-likeness (QED) is 0.108. The van der Waals surface area contributed by atoms with Crippen LogP contribution < -0.4 is 11.1 Å². The highest BCUT2D eigenvalue weighted by Gasteiger charge is 2.31. The predicted molar refractivity (Wildman–Crippen MR) is 238 cm³/mol. The monoisotopic (exact) mass is 803 g/mol. The Kier molecular flexibility index (Phi) is 14.9. The fourth-order valence-corrected chi connectivity index (χ4v) is 7.67. The lowest BCUT2D eigenvalue weighted by Gasteiger charge is -2.18. The smallest absolute Gasteiger partial charge is 0.252 e. The summed E-state index contributed by atoms with van der Waals surface area (Å²) in [4.78, 5) is 70.0. The van der Waals surface area contributed by atoms with E-state index in [1.807, 2.05) is 67.5 Å². The van der Waals surface area contributed by atoms with Gasteiger partial charge < -0.3 is 9.97 Å². The van der Waals surface area contributed by atoms with Crippen molar-refractivity contribution in [2.75, 3.05) is 0 Å². The summed E-state index contributed by atoms with van der Waals surface area (Å²) >= 11 is 0. The van der Waals surface area contributed by atoms with E-state index in [1.165, 1.54) is 12.8 Å². The van der Waals surface area contributed by atoms with E-state index in [2.05, 4.69) is 39.7 Å². The van der Waals surface area contributed by atoms with Gasteiger partial charge in [0.15, 0.2) is 11.6 Å². The van der Waals surface area contributed by atoms with Crippen LogP contribution in [-0.2, 0) is 17.6 Å². The number of carbonyl (C=O) groups excluding carboxylic acids is 3. The van der Waals surface area contributed by atoms with Crippen LogP contribution in [0, 0.1) is 67.6 Å². The molecule has 0 radical (unpaired) electrons. The molecule has 0 bridgehead atoms. The predicted octanol–water partition coefficient (Wildman–Crippen LogP) is 9.64. The van der Waals surface area contributed by atoms with Crippen LogP contribution in [0.4, 0.5) is 0 Å². The molecule has 2 fully saturated rings. The summed E-state index contributed by atoms with van der Waals surface area (Å²) in [6.45, 7) is 17.0. The average molecular weight is 804 g/mol. The van der Waals surface area contributed by atoms with E-state index in [9.17, 15) is 29.2 Å². The molecule has 2 aliphatic carbocycles. The van der Waals surface area contributed by atoms with Gasteiger partial charge in [-0.05, 0) is 143 Å². The number of hydrogen-bond acceptors (Lipinski definition) is 6. The first kappa shape index (κ1) is 45.1. The molecule has 0 spiro atoms. The third-order valence-electron chi connectivity index (χ3n) is 11.0. The van der Waals surface area contributed by atoms with Gasteiger partial charge in [-0.25, -0.2) is 0 Å². The number of Topliss-reactive ketones (excluding diaryl/α,β-unsaturated/α-hetero) is 1. The molecule has 4 aromatic rings. The van der Waals surface area contributed by atoms with Crippen molar-refractivity contribution in [1.29, 1.82) is 5.26 Å². The van der Waals surface area contributed by atoms with Crippen molar-refractivity contribution in [2.24, 2.45) is 11.8 Å². The highest BCUT2D eigenvalue weighted by Crippen LogP contribution is 2.37. The first-order chi connectivity index (χ1) is 28.5. The summed E-state index contributed by atoms with van der Waals surface area (Å²) in [7, 11) is 0. The van der Waals surface area contributed by atoms with Crippen molar-refractivity contribution in [3.63, 3.8) is 0 Å². The molecule has 2 N–H and O–H groups in total. The van der Waals surface area contributed by atoms with Crippen molar-refractivity contribution in [2.45, 2.75) is 132 Å². The van der Waals surface area contributed by atoms with Gasteiger partial charge in [0.1, 0.15) is 5.78 Å². The van der Waals surface area contributed by atoms with Crippen LogP contribution >= 0.6 is 0 Å². The van der Waals surface area contributed by atoms with Crippen molar-refractivity contribution >= 4 is 17.3 Å². The number of hydrogen-bond donors (Lipinski definition) is 2. The summed E-state index contributed by atoms with van der Waals surface area (Å²) in [6, 6.07) is 12.7. The van der Waals surface area contributed by atoms with Crippen LogP contribution in [0.2, 0.25) is 0 Å². The lowest BCUT2D eigenvalue weighted by Crippen LogP contribution is -2.24. The van der Waals surface area contributed by atoms with Crippen molar-refractivity contribution in [3.8, 4) is 29.8 Å². The van der Waals surface area contributed by atoms with E-state index < -0.39 is 0 Å². The van der Waals surface area contributed by atoms with Gasteiger partial charge in [-0.1, -0.05) is 58.3 Å². The Labute approximate surface area is 354 Å². The summed E-state index contributed by atoms with van der Waals surface area (Å²) < 4.78 is 0. The summed E-state index contributed by atoms with van der Waals surface area (Å²) in [5.74, 6) is 12.9. The highest BCUT2D eigenvalue weighted by molar-refractivity contribution is 6.12. The molecule has 2 aromatic heterocycles. The van der Waals surface area contributed by atoms with Crippen LogP contribution in [0.5, 0.6) is 0 Å². The third kappa shape index (κ3) is 11.4. The van der Waals surface area contributed by atoms with Gasteiger partial charge in [0.2, 0.25) is 0 Å². The summed E-state index contributed by atoms with van der Waals surface area (Å²) in [5, 5.41) is 9.41. The lowest BCUT2D eigenvalue weighted by molar-refractivity contribution is -0.116. The highest BCUT2D eigenvalue weighted by atomic mass is 16.1. The van der Waals surface area contributed by atoms with Gasteiger partial charge in [0.25, 0.3) is 11.1 Å². The molecule has 2 saturated carbocycles. The number of nitrogens with zero attached hydrogens (tertiary/aromatic N) is 1. The van der Waals surface area contributed by atoms with E-state index >= 15 is 0 Å². The van der Waals surface area contributed by atoms with E-state index in [0.717, 1.165) is 59.3 Å². The molecule has 2 heterocycles. The second kappa shape index (κ2) is 19.8. The van der Waals surface area contributed by atoms with Crippen molar-refractivity contribution < 1.29 is 14.4 Å². The number of nitrogens with one attached hydrogen (secondary N) is 2. The Morgan fingerprint density at radius 2 is 1.13 bits per heavy atom. The Balaban J connectivity index is 0.000000228. The topological polar surface area (TPSA) is 141 Å². The van der Waals surface area contributed by atoms with E-state index in [1.54, 1.807) is 31.2 Å². The first-order valence-electron chi connectivity index (χ1n) is 21.3. The van der Waals surface area contributed by atoms with Gasteiger partial charge in [0, 0.05) is 75.2 Å². The Morgan fingerprint density at radius 3 is 1.57 bits per heavy atom. The zero-order valence-electron chi connectivity index (χ0n) is 36.6. The number of rotatable bonds is 12. The Morgan fingerprint density at radius 1 is 0.683 bits per heavy atom. The molecule has 2 aliphatic rings. The van der Waals surface area contributed by atoms with Crippen LogP contribution in [0.1, 0.15) is 186 Å². The molecule has 0 atom stereocenters. The summed E-state index contributed by atoms with van der Waals surface area (Å²) in [6.07, 6.45) is 7.91. The number of aromatic amines is 2. The number of aromatic nitrogens is 2.